The van der Waals surface area contributed by atoms with Crippen LogP contribution in [0.4, 0.5) is 0 Å². The highest BCUT2D eigenvalue weighted by atomic mass is 28.4. The Kier molecular flexibility index (Phi) is 27.6. The largest absolute Gasteiger partial charge is 0.500 e. The number of epoxide rings is 1. The molecule has 16 heteroatoms. The van der Waals surface area contributed by atoms with Crippen LogP contribution >= 0.6 is 0 Å². The van der Waals surface area contributed by atoms with E-state index in [1.54, 1.807) is 64.0 Å². The van der Waals surface area contributed by atoms with Gasteiger partial charge in [0.2, 0.25) is 0 Å². The molecule has 0 amide bonds. The Balaban J connectivity index is 0. The van der Waals surface area contributed by atoms with E-state index >= 15 is 0 Å². The Morgan fingerprint density at radius 1 is 0.659 bits per heavy atom. The molecule has 0 radical (unpaired) electrons. The van der Waals surface area contributed by atoms with Crippen molar-refractivity contribution in [3.05, 3.63) is 12.2 Å². The Hall–Kier alpha value is -0.129. The number of ether oxygens (including phenoxy) is 3. The van der Waals surface area contributed by atoms with Crippen LogP contribution in [0.2, 0.25) is 18.1 Å². The maximum atomic E-state index is 5.42. The topological polar surface area (TPSA) is 140 Å². The Morgan fingerprint density at radius 2 is 1.00 bits per heavy atom. The van der Waals surface area contributed by atoms with Crippen LogP contribution in [0.5, 0.6) is 0 Å². The average molecular weight is 650 g/mol. The number of rotatable bonds is 24. The van der Waals surface area contributed by atoms with Crippen molar-refractivity contribution in [2.75, 3.05) is 104 Å². The van der Waals surface area contributed by atoms with Crippen LogP contribution in [0.3, 0.4) is 0 Å². The van der Waals surface area contributed by atoms with Gasteiger partial charge in [-0.1, -0.05) is 12.2 Å². The third kappa shape index (κ3) is 20.5. The summed E-state index contributed by atoms with van der Waals surface area (Å²) in [6, 6.07) is 2.34. The van der Waals surface area contributed by atoms with Gasteiger partial charge >= 0.3 is 26.4 Å². The molecule has 1 heterocycles. The van der Waals surface area contributed by atoms with Crippen LogP contribution < -0.4 is 5.73 Å². The van der Waals surface area contributed by atoms with E-state index in [2.05, 4.69) is 6.58 Å². The van der Waals surface area contributed by atoms with E-state index in [1.165, 1.54) is 0 Å². The molecule has 1 fully saturated rings. The molecule has 1 aliphatic heterocycles. The van der Waals surface area contributed by atoms with Gasteiger partial charge in [-0.3, -0.25) is 0 Å². The summed E-state index contributed by atoms with van der Waals surface area (Å²) in [4.78, 5) is 0. The van der Waals surface area contributed by atoms with Crippen molar-refractivity contribution in [1.82, 2.24) is 0 Å². The monoisotopic (exact) mass is 649 g/mol. The minimum absolute atomic E-state index is 0.333. The summed E-state index contributed by atoms with van der Waals surface area (Å²) in [5.41, 5.74) is 6.39. The zero-order valence-electron chi connectivity index (χ0n) is 27.2. The van der Waals surface area contributed by atoms with Gasteiger partial charge in [0.05, 0.1) is 19.8 Å². The minimum atomic E-state index is -2.40. The summed E-state index contributed by atoms with van der Waals surface area (Å²) in [6.07, 6.45) is 2.96. The second-order valence-electron chi connectivity index (χ2n) is 9.03. The first-order valence-corrected chi connectivity index (χ1v) is 19.5. The Bertz CT molecular complexity index is 584. The van der Waals surface area contributed by atoms with E-state index in [0.29, 0.717) is 39.1 Å². The van der Waals surface area contributed by atoms with Crippen LogP contribution in [0.15, 0.2) is 12.2 Å². The van der Waals surface area contributed by atoms with Crippen molar-refractivity contribution >= 4 is 26.4 Å². The van der Waals surface area contributed by atoms with Crippen LogP contribution in [0.1, 0.15) is 26.2 Å². The van der Waals surface area contributed by atoms with Gasteiger partial charge < -0.3 is 59.8 Å². The van der Waals surface area contributed by atoms with E-state index in [9.17, 15) is 0 Å². The van der Waals surface area contributed by atoms with Gasteiger partial charge in [0, 0.05) is 95.3 Å². The second kappa shape index (κ2) is 26.3. The fourth-order valence-corrected chi connectivity index (χ4v) is 8.52. The van der Waals surface area contributed by atoms with Crippen molar-refractivity contribution in [3.63, 3.8) is 0 Å². The molecule has 41 heavy (non-hydrogen) atoms. The summed E-state index contributed by atoms with van der Waals surface area (Å²) in [6.45, 7) is 9.87. The highest BCUT2D eigenvalue weighted by Gasteiger charge is 2.38. The SMILES string of the molecule is C=C(C)COCCC[Si](OC)(OC)OC.CO[Si](CCCN)(OC)OC.CO[Si](CCCOCC1CO1)(OC)OC. The van der Waals surface area contributed by atoms with Crippen LogP contribution in [-0.4, -0.2) is 136 Å². The van der Waals surface area contributed by atoms with E-state index in [4.69, 9.17) is 59.8 Å². The molecule has 0 aromatic rings. The lowest BCUT2D eigenvalue weighted by Gasteiger charge is -2.24. The molecule has 13 nitrogen and oxygen atoms in total. The molecule has 0 saturated carbocycles. The first kappa shape index (κ1) is 43.0. The van der Waals surface area contributed by atoms with Gasteiger partial charge in [0.15, 0.2) is 0 Å². The van der Waals surface area contributed by atoms with E-state index < -0.39 is 26.4 Å². The first-order valence-electron chi connectivity index (χ1n) is 13.7. The fraction of sp³-hybridized carbons (Fsp3) is 0.920. The highest BCUT2D eigenvalue weighted by Crippen LogP contribution is 2.16. The molecule has 0 aromatic heterocycles. The van der Waals surface area contributed by atoms with Gasteiger partial charge in [0.25, 0.3) is 0 Å². The predicted octanol–water partition coefficient (Wildman–Crippen LogP) is 2.73. The molecular formula is C25H59NO12Si3. The van der Waals surface area contributed by atoms with E-state index in [-0.39, 0.29) is 0 Å². The van der Waals surface area contributed by atoms with Gasteiger partial charge in [-0.15, -0.1) is 0 Å². The van der Waals surface area contributed by atoms with Crippen molar-refractivity contribution in [1.29, 1.82) is 0 Å². The third-order valence-electron chi connectivity index (χ3n) is 6.08. The smallest absolute Gasteiger partial charge is 0.379 e. The molecule has 1 atom stereocenters. The molecule has 1 aliphatic rings. The van der Waals surface area contributed by atoms with Crippen molar-refractivity contribution in [2.24, 2.45) is 5.73 Å². The molecule has 248 valence electrons. The minimum Gasteiger partial charge on any atom is -0.379 e. The number of hydrogen-bond acceptors (Lipinski definition) is 13. The zero-order valence-corrected chi connectivity index (χ0v) is 30.2. The van der Waals surface area contributed by atoms with Gasteiger partial charge in [-0.25, -0.2) is 0 Å². The zero-order chi connectivity index (χ0) is 31.6. The fourth-order valence-electron chi connectivity index (χ4n) is 3.39. The summed E-state index contributed by atoms with van der Waals surface area (Å²) >= 11 is 0. The van der Waals surface area contributed by atoms with E-state index in [0.717, 1.165) is 49.6 Å². The number of nitrogens with two attached hydrogens (primary N) is 1. The molecule has 0 aromatic carbocycles. The van der Waals surface area contributed by atoms with Gasteiger partial charge in [0.1, 0.15) is 6.10 Å². The normalized spacial score (nSPS) is 15.0. The van der Waals surface area contributed by atoms with E-state index in [1.807, 2.05) is 6.92 Å². The third-order valence-corrected chi connectivity index (χ3v) is 14.6. The standard InChI is InChI=1S/C10H22O4Si.C9H20O5Si.C6H17NO3Si/c1-10(2)9-14-7-6-8-15(11-3,12-4)13-5;1-10-15(11-2,12-3)6-4-5-13-7-9-8-14-9;1-8-11(9-2,10-3)6-4-5-7/h1,6-9H2,2-5H3;9H,4-8H2,1-3H3;4-7H2,1-3H3. The lowest BCUT2D eigenvalue weighted by molar-refractivity contribution is 0.100. The predicted molar refractivity (Wildman–Crippen MR) is 164 cm³/mol. The van der Waals surface area contributed by atoms with Gasteiger partial charge in [-0.2, -0.15) is 0 Å². The molecule has 0 bridgehead atoms. The summed E-state index contributed by atoms with van der Waals surface area (Å²) in [7, 11) is 7.44. The quantitative estimate of drug-likeness (QED) is 0.0710. The molecule has 0 aliphatic carbocycles. The van der Waals surface area contributed by atoms with Gasteiger partial charge in [-0.05, 0) is 32.7 Å². The maximum absolute atomic E-state index is 5.42. The highest BCUT2D eigenvalue weighted by molar-refractivity contribution is 6.61. The molecule has 1 unspecified atom stereocenters. The summed E-state index contributed by atoms with van der Waals surface area (Å²) in [5.74, 6) is 0. The van der Waals surface area contributed by atoms with Crippen molar-refractivity contribution in [2.45, 2.75) is 50.4 Å². The maximum Gasteiger partial charge on any atom is 0.500 e. The Morgan fingerprint density at radius 3 is 1.29 bits per heavy atom. The lowest BCUT2D eigenvalue weighted by Crippen LogP contribution is -2.42. The van der Waals surface area contributed by atoms with Crippen LogP contribution in [0.25, 0.3) is 0 Å². The summed E-state index contributed by atoms with van der Waals surface area (Å²) < 4.78 is 63.1. The molecule has 2 N–H and O–H groups in total. The van der Waals surface area contributed by atoms with Crippen LogP contribution in [0, 0.1) is 0 Å². The first-order chi connectivity index (χ1) is 19.6. The number of hydrogen-bond donors (Lipinski definition) is 1. The summed E-state index contributed by atoms with van der Waals surface area (Å²) in [5, 5.41) is 0. The molecular weight excluding hydrogens is 591 g/mol. The molecule has 1 rings (SSSR count). The molecule has 0 spiro atoms. The van der Waals surface area contributed by atoms with Crippen molar-refractivity contribution in [3.8, 4) is 0 Å². The molecule has 1 saturated heterocycles. The van der Waals surface area contributed by atoms with Crippen LogP contribution in [-0.2, 0) is 54.0 Å². The lowest BCUT2D eigenvalue weighted by atomic mass is 10.4. The average Bonchev–Trinajstić information content (AvgIpc) is 3.84. The van der Waals surface area contributed by atoms with Crippen molar-refractivity contribution < 1.29 is 54.0 Å². The second-order valence-corrected chi connectivity index (χ2v) is 18.3. The Labute approximate surface area is 252 Å².